The molecular formula is C23H23FN6O. The Hall–Kier alpha value is -3.81. The maximum absolute atomic E-state index is 13.7. The van der Waals surface area contributed by atoms with Gasteiger partial charge in [-0.2, -0.15) is 0 Å². The van der Waals surface area contributed by atoms with Crippen molar-refractivity contribution in [3.05, 3.63) is 77.7 Å². The SMILES string of the molecule is Cc1ccc(Nc2ccc(N3CCN(C(=O)/C=C/c4ccccc4F)CC3)nn2)nc1. The van der Waals surface area contributed by atoms with Crippen LogP contribution in [0.2, 0.25) is 0 Å². The van der Waals surface area contributed by atoms with Gasteiger partial charge in [0.05, 0.1) is 0 Å². The molecule has 31 heavy (non-hydrogen) atoms. The van der Waals surface area contributed by atoms with Crippen LogP contribution in [0.1, 0.15) is 11.1 Å². The highest BCUT2D eigenvalue weighted by molar-refractivity contribution is 5.92. The number of piperazine rings is 1. The number of amides is 1. The third kappa shape index (κ3) is 5.22. The number of aromatic nitrogens is 3. The van der Waals surface area contributed by atoms with Crippen LogP contribution in [0.3, 0.4) is 0 Å². The summed E-state index contributed by atoms with van der Waals surface area (Å²) in [5.41, 5.74) is 1.49. The van der Waals surface area contributed by atoms with Crippen molar-refractivity contribution in [3.63, 3.8) is 0 Å². The molecule has 0 spiro atoms. The molecule has 4 rings (SSSR count). The maximum Gasteiger partial charge on any atom is 0.246 e. The third-order valence-electron chi connectivity index (χ3n) is 5.04. The van der Waals surface area contributed by atoms with E-state index in [2.05, 4.69) is 25.4 Å². The highest BCUT2D eigenvalue weighted by atomic mass is 19.1. The summed E-state index contributed by atoms with van der Waals surface area (Å²) in [4.78, 5) is 20.6. The van der Waals surface area contributed by atoms with E-state index in [9.17, 15) is 9.18 Å². The van der Waals surface area contributed by atoms with Crippen molar-refractivity contribution in [1.82, 2.24) is 20.1 Å². The normalized spacial score (nSPS) is 14.1. The summed E-state index contributed by atoms with van der Waals surface area (Å²) in [6.45, 7) is 4.42. The van der Waals surface area contributed by atoms with Gasteiger partial charge in [0, 0.05) is 44.0 Å². The first-order valence-electron chi connectivity index (χ1n) is 10.1. The van der Waals surface area contributed by atoms with E-state index in [0.717, 1.165) is 11.4 Å². The molecule has 0 radical (unpaired) electrons. The van der Waals surface area contributed by atoms with Gasteiger partial charge in [0.15, 0.2) is 11.6 Å². The minimum Gasteiger partial charge on any atom is -0.352 e. The smallest absolute Gasteiger partial charge is 0.246 e. The lowest BCUT2D eigenvalue weighted by Crippen LogP contribution is -2.48. The standard InChI is InChI=1S/C23H23FN6O/c1-17-6-8-20(25-16-17)26-21-9-10-22(28-27-21)29-12-14-30(15-13-29)23(31)11-7-18-4-2-3-5-19(18)24/h2-11,16H,12-15H2,1H3,(H,25,26,27)/b11-7+. The zero-order chi connectivity index (χ0) is 21.6. The Kier molecular flexibility index (Phi) is 6.16. The third-order valence-corrected chi connectivity index (χ3v) is 5.04. The van der Waals surface area contributed by atoms with Gasteiger partial charge in [-0.15, -0.1) is 10.2 Å². The van der Waals surface area contributed by atoms with E-state index in [1.165, 1.54) is 18.2 Å². The predicted octanol–water partition coefficient (Wildman–Crippen LogP) is 3.42. The van der Waals surface area contributed by atoms with Crippen molar-refractivity contribution in [2.24, 2.45) is 0 Å². The van der Waals surface area contributed by atoms with E-state index >= 15 is 0 Å². The van der Waals surface area contributed by atoms with Crippen LogP contribution >= 0.6 is 0 Å². The predicted molar refractivity (Wildman–Crippen MR) is 119 cm³/mol. The number of benzene rings is 1. The summed E-state index contributed by atoms with van der Waals surface area (Å²) in [6, 6.07) is 14.0. The van der Waals surface area contributed by atoms with Crippen LogP contribution in [-0.2, 0) is 4.79 Å². The molecule has 1 aromatic carbocycles. The number of carbonyl (C=O) groups is 1. The fraction of sp³-hybridized carbons (Fsp3) is 0.217. The van der Waals surface area contributed by atoms with Crippen LogP contribution in [0.5, 0.6) is 0 Å². The van der Waals surface area contributed by atoms with E-state index in [4.69, 9.17) is 0 Å². The topological polar surface area (TPSA) is 74.2 Å². The van der Waals surface area contributed by atoms with E-state index in [-0.39, 0.29) is 11.7 Å². The molecule has 7 nitrogen and oxygen atoms in total. The first kappa shape index (κ1) is 20.5. The summed E-state index contributed by atoms with van der Waals surface area (Å²) in [5, 5.41) is 11.6. The zero-order valence-corrected chi connectivity index (χ0v) is 17.2. The van der Waals surface area contributed by atoms with Crippen molar-refractivity contribution in [3.8, 4) is 0 Å². The largest absolute Gasteiger partial charge is 0.352 e. The zero-order valence-electron chi connectivity index (χ0n) is 17.2. The number of hydrogen-bond acceptors (Lipinski definition) is 6. The summed E-state index contributed by atoms with van der Waals surface area (Å²) in [5.74, 6) is 1.62. The van der Waals surface area contributed by atoms with Gasteiger partial charge < -0.3 is 15.1 Å². The molecule has 1 fully saturated rings. The van der Waals surface area contributed by atoms with E-state index in [1.807, 2.05) is 31.2 Å². The number of anilines is 3. The van der Waals surface area contributed by atoms with Gasteiger partial charge in [0.25, 0.3) is 0 Å². The number of nitrogens with one attached hydrogen (secondary N) is 1. The Morgan fingerprint density at radius 2 is 1.77 bits per heavy atom. The molecule has 1 aliphatic rings. The molecule has 3 aromatic rings. The highest BCUT2D eigenvalue weighted by Crippen LogP contribution is 2.17. The van der Waals surface area contributed by atoms with Crippen LogP contribution in [0, 0.1) is 12.7 Å². The Morgan fingerprint density at radius 3 is 2.45 bits per heavy atom. The van der Waals surface area contributed by atoms with Crippen molar-refractivity contribution >= 4 is 29.4 Å². The molecule has 0 aliphatic carbocycles. The number of carbonyl (C=O) groups excluding carboxylic acids is 1. The van der Waals surface area contributed by atoms with Crippen LogP contribution < -0.4 is 10.2 Å². The fourth-order valence-corrected chi connectivity index (χ4v) is 3.27. The first-order valence-corrected chi connectivity index (χ1v) is 10.1. The molecule has 0 saturated carbocycles. The lowest BCUT2D eigenvalue weighted by molar-refractivity contribution is -0.126. The maximum atomic E-state index is 13.7. The second kappa shape index (κ2) is 9.34. The lowest BCUT2D eigenvalue weighted by Gasteiger charge is -2.34. The van der Waals surface area contributed by atoms with Crippen LogP contribution in [0.15, 0.2) is 60.8 Å². The molecule has 158 valence electrons. The molecule has 0 atom stereocenters. The Bertz CT molecular complexity index is 1060. The number of pyridine rings is 1. The summed E-state index contributed by atoms with van der Waals surface area (Å²) >= 11 is 0. The molecular weight excluding hydrogens is 395 g/mol. The van der Waals surface area contributed by atoms with E-state index in [0.29, 0.717) is 43.4 Å². The number of rotatable bonds is 5. The molecule has 0 unspecified atom stereocenters. The van der Waals surface area contributed by atoms with Gasteiger partial charge in [-0.3, -0.25) is 4.79 Å². The van der Waals surface area contributed by atoms with Crippen LogP contribution in [-0.4, -0.2) is 52.2 Å². The molecule has 1 aliphatic heterocycles. The Balaban J connectivity index is 1.30. The Labute approximate surface area is 180 Å². The number of hydrogen-bond donors (Lipinski definition) is 1. The Morgan fingerprint density at radius 1 is 1.00 bits per heavy atom. The average Bonchev–Trinajstić information content (AvgIpc) is 2.80. The number of nitrogens with zero attached hydrogens (tertiary/aromatic N) is 5. The van der Waals surface area contributed by atoms with Gasteiger partial charge >= 0.3 is 0 Å². The van der Waals surface area contributed by atoms with Crippen molar-refractivity contribution < 1.29 is 9.18 Å². The van der Waals surface area contributed by atoms with Gasteiger partial charge in [-0.05, 0) is 42.8 Å². The van der Waals surface area contributed by atoms with Crippen molar-refractivity contribution in [2.45, 2.75) is 6.92 Å². The van der Waals surface area contributed by atoms with Crippen molar-refractivity contribution in [1.29, 1.82) is 0 Å². The molecule has 1 N–H and O–H groups in total. The van der Waals surface area contributed by atoms with Gasteiger partial charge in [0.2, 0.25) is 5.91 Å². The monoisotopic (exact) mass is 418 g/mol. The van der Waals surface area contributed by atoms with Crippen molar-refractivity contribution in [2.75, 3.05) is 36.4 Å². The second-order valence-corrected chi connectivity index (χ2v) is 7.29. The lowest BCUT2D eigenvalue weighted by atomic mass is 10.2. The number of aryl methyl sites for hydroxylation is 1. The molecule has 1 amide bonds. The minimum atomic E-state index is -0.342. The number of halogens is 1. The molecule has 1 saturated heterocycles. The van der Waals surface area contributed by atoms with Crippen LogP contribution in [0.25, 0.3) is 6.08 Å². The van der Waals surface area contributed by atoms with E-state index in [1.54, 1.807) is 29.3 Å². The van der Waals surface area contributed by atoms with Crippen LogP contribution in [0.4, 0.5) is 21.8 Å². The van der Waals surface area contributed by atoms with Gasteiger partial charge in [-0.25, -0.2) is 9.37 Å². The molecule has 3 heterocycles. The van der Waals surface area contributed by atoms with Gasteiger partial charge in [-0.1, -0.05) is 24.3 Å². The summed E-state index contributed by atoms with van der Waals surface area (Å²) < 4.78 is 13.7. The average molecular weight is 418 g/mol. The highest BCUT2D eigenvalue weighted by Gasteiger charge is 2.21. The molecule has 2 aromatic heterocycles. The minimum absolute atomic E-state index is 0.126. The van der Waals surface area contributed by atoms with Gasteiger partial charge in [0.1, 0.15) is 11.6 Å². The fourth-order valence-electron chi connectivity index (χ4n) is 3.27. The first-order chi connectivity index (χ1) is 15.1. The molecule has 8 heteroatoms. The summed E-state index contributed by atoms with van der Waals surface area (Å²) in [6.07, 6.45) is 4.73. The van der Waals surface area contributed by atoms with E-state index < -0.39 is 0 Å². The summed E-state index contributed by atoms with van der Waals surface area (Å²) in [7, 11) is 0. The molecule has 0 bridgehead atoms. The quantitative estimate of drug-likeness (QED) is 0.640. The second-order valence-electron chi connectivity index (χ2n) is 7.29.